The van der Waals surface area contributed by atoms with Gasteiger partial charge in [-0.15, -0.1) is 0 Å². The molecular formula is C18H20. The Bertz CT molecular complexity index is 577. The van der Waals surface area contributed by atoms with E-state index < -0.39 is 0 Å². The third kappa shape index (κ3) is 1.52. The van der Waals surface area contributed by atoms with Crippen LogP contribution in [0.25, 0.3) is 0 Å². The summed E-state index contributed by atoms with van der Waals surface area (Å²) in [7, 11) is 0. The van der Waals surface area contributed by atoms with E-state index in [2.05, 4.69) is 52.0 Å². The Kier molecular flexibility index (Phi) is 2.55. The highest BCUT2D eigenvalue weighted by Crippen LogP contribution is 2.34. The van der Waals surface area contributed by atoms with E-state index in [4.69, 9.17) is 0 Å². The van der Waals surface area contributed by atoms with E-state index >= 15 is 0 Å². The highest BCUT2D eigenvalue weighted by molar-refractivity contribution is 5.56. The Morgan fingerprint density at radius 3 is 1.39 bits per heavy atom. The summed E-state index contributed by atoms with van der Waals surface area (Å²) in [5.74, 6) is 0. The lowest BCUT2D eigenvalue weighted by molar-refractivity contribution is 0.954. The second kappa shape index (κ2) is 3.98. The maximum absolute atomic E-state index is 2.29. The lowest BCUT2D eigenvalue weighted by atomic mass is 9.79. The van der Waals surface area contributed by atoms with Crippen LogP contribution >= 0.6 is 0 Å². The molecule has 0 nitrogen and oxygen atoms in total. The summed E-state index contributed by atoms with van der Waals surface area (Å²) in [5.41, 5.74) is 12.1. The highest BCUT2D eigenvalue weighted by Gasteiger charge is 2.20. The minimum Gasteiger partial charge on any atom is -0.0620 e. The Morgan fingerprint density at radius 2 is 1.00 bits per heavy atom. The maximum Gasteiger partial charge on any atom is -0.00172 e. The molecule has 0 unspecified atom stereocenters. The van der Waals surface area contributed by atoms with Crippen molar-refractivity contribution < 1.29 is 0 Å². The van der Waals surface area contributed by atoms with Crippen LogP contribution in [-0.4, -0.2) is 0 Å². The van der Waals surface area contributed by atoms with E-state index in [0.29, 0.717) is 0 Å². The van der Waals surface area contributed by atoms with Crippen molar-refractivity contribution in [2.45, 2.75) is 40.5 Å². The van der Waals surface area contributed by atoms with Crippen molar-refractivity contribution >= 4 is 0 Å². The fourth-order valence-corrected chi connectivity index (χ4v) is 3.23. The minimum atomic E-state index is 1.11. The lowest BCUT2D eigenvalue weighted by Crippen LogP contribution is -2.13. The molecule has 18 heavy (non-hydrogen) atoms. The maximum atomic E-state index is 2.29. The van der Waals surface area contributed by atoms with E-state index in [1.165, 1.54) is 33.4 Å². The van der Waals surface area contributed by atoms with Gasteiger partial charge in [0.05, 0.1) is 0 Å². The monoisotopic (exact) mass is 236 g/mol. The van der Waals surface area contributed by atoms with Crippen molar-refractivity contribution in [2.24, 2.45) is 0 Å². The first-order valence-corrected chi connectivity index (χ1v) is 6.74. The Labute approximate surface area is 110 Å². The van der Waals surface area contributed by atoms with Gasteiger partial charge in [-0.25, -0.2) is 0 Å². The fraction of sp³-hybridized carbons (Fsp3) is 0.333. The van der Waals surface area contributed by atoms with Gasteiger partial charge in [0, 0.05) is 0 Å². The standard InChI is InChI=1S/C18H20/c1-11-12(2)14(4)18-10-16-8-6-5-7-15(16)9-17(18)13(11)3/h5-8H,9-10H2,1-4H3. The predicted molar refractivity (Wildman–Crippen MR) is 77.4 cm³/mol. The Hall–Kier alpha value is -1.56. The zero-order chi connectivity index (χ0) is 12.9. The van der Waals surface area contributed by atoms with Crippen molar-refractivity contribution in [1.82, 2.24) is 0 Å². The highest BCUT2D eigenvalue weighted by atomic mass is 14.2. The lowest BCUT2D eigenvalue weighted by Gasteiger charge is -2.26. The van der Waals surface area contributed by atoms with Gasteiger partial charge in [0.2, 0.25) is 0 Å². The van der Waals surface area contributed by atoms with Crippen molar-refractivity contribution in [2.75, 3.05) is 0 Å². The third-order valence-electron chi connectivity index (χ3n) is 4.81. The van der Waals surface area contributed by atoms with Crippen LogP contribution < -0.4 is 0 Å². The smallest absolute Gasteiger partial charge is 0.00172 e. The van der Waals surface area contributed by atoms with Gasteiger partial charge >= 0.3 is 0 Å². The summed E-state index contributed by atoms with van der Waals surface area (Å²) in [5, 5.41) is 0. The molecule has 0 aromatic heterocycles. The molecule has 0 saturated carbocycles. The van der Waals surface area contributed by atoms with Gasteiger partial charge in [-0.05, 0) is 85.0 Å². The minimum absolute atomic E-state index is 1.11. The van der Waals surface area contributed by atoms with Gasteiger partial charge < -0.3 is 0 Å². The molecule has 2 aromatic carbocycles. The van der Waals surface area contributed by atoms with Gasteiger partial charge in [0.1, 0.15) is 0 Å². The summed E-state index contributed by atoms with van der Waals surface area (Å²) in [4.78, 5) is 0. The molecule has 92 valence electrons. The Morgan fingerprint density at radius 1 is 0.611 bits per heavy atom. The van der Waals surface area contributed by atoms with E-state index in [9.17, 15) is 0 Å². The molecule has 0 fully saturated rings. The number of benzene rings is 2. The molecule has 0 heterocycles. The molecule has 0 heteroatoms. The number of hydrogen-bond donors (Lipinski definition) is 0. The van der Waals surface area contributed by atoms with Crippen molar-refractivity contribution in [3.05, 3.63) is 68.8 Å². The molecule has 1 aliphatic carbocycles. The van der Waals surface area contributed by atoms with E-state index in [1.807, 2.05) is 0 Å². The quantitative estimate of drug-likeness (QED) is 0.542. The van der Waals surface area contributed by atoms with Crippen LogP contribution in [0.2, 0.25) is 0 Å². The molecule has 0 amide bonds. The fourth-order valence-electron chi connectivity index (χ4n) is 3.23. The molecule has 0 bridgehead atoms. The summed E-state index contributed by atoms with van der Waals surface area (Å²) in [6, 6.07) is 8.88. The van der Waals surface area contributed by atoms with Crippen LogP contribution in [0.3, 0.4) is 0 Å². The zero-order valence-electron chi connectivity index (χ0n) is 11.7. The van der Waals surface area contributed by atoms with E-state index in [0.717, 1.165) is 12.8 Å². The SMILES string of the molecule is Cc1c(C)c(C)c2c(c1C)Cc1ccccc1C2. The summed E-state index contributed by atoms with van der Waals surface area (Å²) >= 11 is 0. The number of hydrogen-bond acceptors (Lipinski definition) is 0. The van der Waals surface area contributed by atoms with Gasteiger partial charge in [-0.2, -0.15) is 0 Å². The molecule has 3 rings (SSSR count). The van der Waals surface area contributed by atoms with Crippen molar-refractivity contribution in [3.8, 4) is 0 Å². The van der Waals surface area contributed by atoms with Crippen LogP contribution in [0.5, 0.6) is 0 Å². The summed E-state index contributed by atoms with van der Waals surface area (Å²) in [6.45, 7) is 9.10. The molecule has 2 aromatic rings. The molecule has 0 aliphatic heterocycles. The third-order valence-corrected chi connectivity index (χ3v) is 4.81. The first kappa shape index (κ1) is 11.5. The average molecular weight is 236 g/mol. The van der Waals surface area contributed by atoms with Gasteiger partial charge in [0.15, 0.2) is 0 Å². The van der Waals surface area contributed by atoms with Crippen molar-refractivity contribution in [3.63, 3.8) is 0 Å². The molecule has 0 N–H and O–H groups in total. The van der Waals surface area contributed by atoms with Gasteiger partial charge in [-0.3, -0.25) is 0 Å². The topological polar surface area (TPSA) is 0 Å². The number of fused-ring (bicyclic) bond motifs is 2. The average Bonchev–Trinajstić information content (AvgIpc) is 2.41. The second-order valence-corrected chi connectivity index (χ2v) is 5.58. The normalized spacial score (nSPS) is 13.1. The van der Waals surface area contributed by atoms with Crippen LogP contribution in [0.4, 0.5) is 0 Å². The zero-order valence-corrected chi connectivity index (χ0v) is 11.7. The second-order valence-electron chi connectivity index (χ2n) is 5.58. The first-order chi connectivity index (χ1) is 8.59. The molecular weight excluding hydrogens is 216 g/mol. The summed E-state index contributed by atoms with van der Waals surface area (Å²) < 4.78 is 0. The van der Waals surface area contributed by atoms with Crippen LogP contribution in [0.1, 0.15) is 44.5 Å². The van der Waals surface area contributed by atoms with Crippen LogP contribution in [0.15, 0.2) is 24.3 Å². The molecule has 0 atom stereocenters. The van der Waals surface area contributed by atoms with Crippen molar-refractivity contribution in [1.29, 1.82) is 0 Å². The summed E-state index contributed by atoms with van der Waals surface area (Å²) in [6.07, 6.45) is 2.22. The largest absolute Gasteiger partial charge is 0.0620 e. The molecule has 0 radical (unpaired) electrons. The van der Waals surface area contributed by atoms with Gasteiger partial charge in [-0.1, -0.05) is 24.3 Å². The Balaban J connectivity index is 2.25. The predicted octanol–water partition coefficient (Wildman–Crippen LogP) is 4.42. The van der Waals surface area contributed by atoms with E-state index in [1.54, 1.807) is 11.1 Å². The first-order valence-electron chi connectivity index (χ1n) is 6.74. The molecule has 1 aliphatic rings. The molecule has 0 saturated heterocycles. The molecule has 0 spiro atoms. The van der Waals surface area contributed by atoms with Gasteiger partial charge in [0.25, 0.3) is 0 Å². The number of rotatable bonds is 0. The van der Waals surface area contributed by atoms with E-state index in [-0.39, 0.29) is 0 Å². The van der Waals surface area contributed by atoms with Crippen LogP contribution in [0, 0.1) is 27.7 Å². The van der Waals surface area contributed by atoms with Crippen LogP contribution in [-0.2, 0) is 12.8 Å².